The molecule has 0 bridgehead atoms. The zero-order chi connectivity index (χ0) is 20.1. The van der Waals surface area contributed by atoms with Crippen molar-refractivity contribution < 1.29 is 4.79 Å². The van der Waals surface area contributed by atoms with Crippen molar-refractivity contribution in [3.63, 3.8) is 0 Å². The maximum atomic E-state index is 13.1. The number of aromatic nitrogens is 3. The number of carbonyl (C=O) groups excluding carboxylic acids is 1. The van der Waals surface area contributed by atoms with Crippen LogP contribution in [0.1, 0.15) is 52.2 Å². The summed E-state index contributed by atoms with van der Waals surface area (Å²) < 4.78 is 1.92. The molecule has 1 fully saturated rings. The Morgan fingerprint density at radius 2 is 1.73 bits per heavy atom. The first kappa shape index (κ1) is 22.0. The largest absolute Gasteiger partial charge is 0.343 e. The summed E-state index contributed by atoms with van der Waals surface area (Å²) in [4.78, 5) is 13.1. The van der Waals surface area contributed by atoms with E-state index < -0.39 is 0 Å². The fraction of sp³-hybridized carbons (Fsp3) is 0.348. The van der Waals surface area contributed by atoms with Crippen LogP contribution in [0.3, 0.4) is 0 Å². The third-order valence-electron chi connectivity index (χ3n) is 5.59. The van der Waals surface area contributed by atoms with E-state index in [9.17, 15) is 4.79 Å². The predicted octanol–water partition coefficient (Wildman–Crippen LogP) is 3.65. The highest BCUT2D eigenvalue weighted by Crippen LogP contribution is 2.22. The molecule has 7 heteroatoms. The summed E-state index contributed by atoms with van der Waals surface area (Å²) in [6.45, 7) is 3.88. The van der Waals surface area contributed by atoms with Crippen LogP contribution >= 0.6 is 12.4 Å². The van der Waals surface area contributed by atoms with Crippen molar-refractivity contribution in [1.29, 1.82) is 0 Å². The summed E-state index contributed by atoms with van der Waals surface area (Å²) in [5.41, 5.74) is 3.50. The van der Waals surface area contributed by atoms with Gasteiger partial charge in [0.2, 0.25) is 0 Å². The van der Waals surface area contributed by atoms with E-state index in [-0.39, 0.29) is 24.4 Å². The predicted molar refractivity (Wildman–Crippen MR) is 120 cm³/mol. The van der Waals surface area contributed by atoms with Crippen LogP contribution in [0.25, 0.3) is 0 Å². The number of piperidine rings is 1. The summed E-state index contributed by atoms with van der Waals surface area (Å²) in [6, 6.07) is 20.5. The van der Waals surface area contributed by atoms with E-state index >= 15 is 0 Å². The summed E-state index contributed by atoms with van der Waals surface area (Å²) >= 11 is 0. The van der Waals surface area contributed by atoms with E-state index in [2.05, 4.69) is 33.1 Å². The molecular weight excluding hydrogens is 398 g/mol. The zero-order valence-corrected chi connectivity index (χ0v) is 17.9. The lowest BCUT2D eigenvalue weighted by Crippen LogP contribution is -2.31. The first-order chi connectivity index (χ1) is 14.2. The van der Waals surface area contributed by atoms with Gasteiger partial charge in [-0.15, -0.1) is 17.5 Å². The van der Waals surface area contributed by atoms with Gasteiger partial charge in [-0.3, -0.25) is 4.79 Å². The second-order valence-corrected chi connectivity index (χ2v) is 7.58. The second-order valence-electron chi connectivity index (χ2n) is 7.58. The van der Waals surface area contributed by atoms with Gasteiger partial charge in [0.1, 0.15) is 0 Å². The van der Waals surface area contributed by atoms with Crippen molar-refractivity contribution in [2.45, 2.75) is 38.3 Å². The summed E-state index contributed by atoms with van der Waals surface area (Å²) in [6.07, 6.45) is 2.73. The number of halogens is 1. The van der Waals surface area contributed by atoms with Gasteiger partial charge in [0, 0.05) is 0 Å². The minimum Gasteiger partial charge on any atom is -0.343 e. The van der Waals surface area contributed by atoms with Gasteiger partial charge in [0.25, 0.3) is 5.91 Å². The fourth-order valence-electron chi connectivity index (χ4n) is 3.96. The molecule has 2 aromatic carbocycles. The van der Waals surface area contributed by atoms with E-state index in [1.807, 2.05) is 60.1 Å². The van der Waals surface area contributed by atoms with Gasteiger partial charge in [-0.1, -0.05) is 65.9 Å². The molecule has 0 aliphatic carbocycles. The lowest BCUT2D eigenvalue weighted by atomic mass is 9.98. The minimum absolute atomic E-state index is 0. The van der Waals surface area contributed by atoms with Crippen molar-refractivity contribution in [2.24, 2.45) is 0 Å². The summed E-state index contributed by atoms with van der Waals surface area (Å²) in [7, 11) is 0. The molecule has 1 aromatic heterocycles. The van der Waals surface area contributed by atoms with E-state index in [4.69, 9.17) is 0 Å². The average Bonchev–Trinajstić information content (AvgIpc) is 3.16. The van der Waals surface area contributed by atoms with Crippen molar-refractivity contribution in [3.05, 3.63) is 83.2 Å². The minimum atomic E-state index is -0.174. The Morgan fingerprint density at radius 3 is 2.40 bits per heavy atom. The first-order valence-corrected chi connectivity index (χ1v) is 10.2. The molecule has 0 spiro atoms. The van der Waals surface area contributed by atoms with Gasteiger partial charge in [-0.2, -0.15) is 0 Å². The lowest BCUT2D eigenvalue weighted by Gasteiger charge is -2.23. The highest BCUT2D eigenvalue weighted by molar-refractivity contribution is 5.93. The molecule has 1 unspecified atom stereocenters. The van der Waals surface area contributed by atoms with Crippen molar-refractivity contribution in [2.75, 3.05) is 13.1 Å². The molecule has 1 amide bonds. The molecule has 1 saturated heterocycles. The number of nitrogens with zero attached hydrogens (tertiary/aromatic N) is 3. The molecule has 1 aliphatic rings. The number of amides is 1. The Balaban J connectivity index is 0.00000256. The van der Waals surface area contributed by atoms with Crippen molar-refractivity contribution in [1.82, 2.24) is 25.6 Å². The van der Waals surface area contributed by atoms with Gasteiger partial charge in [0.05, 0.1) is 17.8 Å². The Kier molecular flexibility index (Phi) is 7.60. The molecule has 158 valence electrons. The number of hydrogen-bond donors (Lipinski definition) is 2. The van der Waals surface area contributed by atoms with Crippen LogP contribution in [0.4, 0.5) is 0 Å². The molecule has 0 radical (unpaired) electrons. The van der Waals surface area contributed by atoms with Crippen LogP contribution in [0.2, 0.25) is 0 Å². The molecule has 2 heterocycles. The second kappa shape index (κ2) is 10.4. The molecule has 1 aliphatic heterocycles. The van der Waals surface area contributed by atoms with E-state index in [1.54, 1.807) is 0 Å². The molecule has 2 N–H and O–H groups in total. The Morgan fingerprint density at radius 1 is 1.10 bits per heavy atom. The average molecular weight is 426 g/mol. The van der Waals surface area contributed by atoms with Gasteiger partial charge >= 0.3 is 0 Å². The monoisotopic (exact) mass is 425 g/mol. The zero-order valence-electron chi connectivity index (χ0n) is 17.1. The van der Waals surface area contributed by atoms with Crippen molar-refractivity contribution >= 4 is 18.3 Å². The maximum absolute atomic E-state index is 13.1. The number of nitrogens with one attached hydrogen (secondary N) is 2. The summed E-state index contributed by atoms with van der Waals surface area (Å²) in [5.74, 6) is -0.174. The highest BCUT2D eigenvalue weighted by atomic mass is 35.5. The molecule has 1 atom stereocenters. The summed E-state index contributed by atoms with van der Waals surface area (Å²) in [5, 5.41) is 15.1. The highest BCUT2D eigenvalue weighted by Gasteiger charge is 2.24. The third-order valence-corrected chi connectivity index (χ3v) is 5.59. The SMILES string of the molecule is Cc1c(C(=O)NC(Cc2ccccc2)c2ccccc2)nnn1C1CCNCC1.Cl. The number of hydrogen-bond acceptors (Lipinski definition) is 4. The Hall–Kier alpha value is -2.70. The van der Waals surface area contributed by atoms with Crippen LogP contribution in [-0.2, 0) is 6.42 Å². The van der Waals surface area contributed by atoms with E-state index in [1.165, 1.54) is 5.56 Å². The Labute approximate surface area is 183 Å². The van der Waals surface area contributed by atoms with Crippen LogP contribution < -0.4 is 10.6 Å². The van der Waals surface area contributed by atoms with Gasteiger partial charge < -0.3 is 10.6 Å². The van der Waals surface area contributed by atoms with E-state index in [0.29, 0.717) is 11.7 Å². The van der Waals surface area contributed by atoms with Crippen LogP contribution in [0.5, 0.6) is 0 Å². The van der Waals surface area contributed by atoms with Crippen LogP contribution in [-0.4, -0.2) is 34.0 Å². The van der Waals surface area contributed by atoms with Crippen LogP contribution in [0.15, 0.2) is 60.7 Å². The van der Waals surface area contributed by atoms with E-state index in [0.717, 1.165) is 43.6 Å². The molecule has 0 saturated carbocycles. The van der Waals surface area contributed by atoms with Gasteiger partial charge in [-0.25, -0.2) is 4.68 Å². The first-order valence-electron chi connectivity index (χ1n) is 10.2. The number of rotatable bonds is 6. The third kappa shape index (κ3) is 5.07. The lowest BCUT2D eigenvalue weighted by molar-refractivity contribution is 0.0930. The maximum Gasteiger partial charge on any atom is 0.274 e. The van der Waals surface area contributed by atoms with Crippen LogP contribution in [0, 0.1) is 6.92 Å². The molecule has 6 nitrogen and oxygen atoms in total. The van der Waals surface area contributed by atoms with Gasteiger partial charge in [-0.05, 0) is 50.4 Å². The molecule has 3 aromatic rings. The van der Waals surface area contributed by atoms with Crippen molar-refractivity contribution in [3.8, 4) is 0 Å². The molecular formula is C23H28ClN5O. The Bertz CT molecular complexity index is 939. The van der Waals surface area contributed by atoms with Gasteiger partial charge in [0.15, 0.2) is 5.69 Å². The topological polar surface area (TPSA) is 71.8 Å². The smallest absolute Gasteiger partial charge is 0.274 e. The fourth-order valence-corrected chi connectivity index (χ4v) is 3.96. The molecule has 4 rings (SSSR count). The molecule has 30 heavy (non-hydrogen) atoms. The number of benzene rings is 2. The standard InChI is InChI=1S/C23H27N5O.ClH/c1-17-22(26-27-28(17)20-12-14-24-15-13-20)23(29)25-21(19-10-6-3-7-11-19)16-18-8-4-2-5-9-18;/h2-11,20-21,24H,12-16H2,1H3,(H,25,29);1H. The normalized spacial score (nSPS) is 15.2. The number of carbonyl (C=O) groups is 1. The quantitative estimate of drug-likeness (QED) is 0.632.